The van der Waals surface area contributed by atoms with Gasteiger partial charge in [0.05, 0.1) is 5.92 Å². The topological polar surface area (TPSA) is 105 Å². The standard InChI is InChI=1S/C23H31N3O5/c1-14-6-4-9-19(15(14)2)26-12-17(11-21(26)28)23(30)31-13-20(27)25-18-8-5-7-16(10-18)22(29)24-3/h5,7-8,10,14-15,17,19H,4,6,9,11-13H2,1-3H3,(H,24,29)(H,25,27)/t14-,15+,17+,19-/m0/s1. The maximum Gasteiger partial charge on any atom is 0.311 e. The van der Waals surface area contributed by atoms with Crippen LogP contribution in [-0.2, 0) is 19.1 Å². The highest BCUT2D eigenvalue weighted by atomic mass is 16.5. The highest BCUT2D eigenvalue weighted by molar-refractivity contribution is 5.97. The van der Waals surface area contributed by atoms with Crippen LogP contribution in [0.15, 0.2) is 24.3 Å². The molecule has 2 N–H and O–H groups in total. The lowest BCUT2D eigenvalue weighted by molar-refractivity contribution is -0.151. The fourth-order valence-corrected chi connectivity index (χ4v) is 4.54. The summed E-state index contributed by atoms with van der Waals surface area (Å²) in [6.45, 7) is 4.31. The minimum Gasteiger partial charge on any atom is -0.455 e. The van der Waals surface area contributed by atoms with E-state index in [1.165, 1.54) is 13.5 Å². The molecule has 0 aromatic heterocycles. The number of rotatable bonds is 6. The van der Waals surface area contributed by atoms with Crippen molar-refractivity contribution in [1.82, 2.24) is 10.2 Å². The Morgan fingerprint density at radius 2 is 1.97 bits per heavy atom. The number of amides is 3. The minimum absolute atomic E-state index is 0.0108. The van der Waals surface area contributed by atoms with Gasteiger partial charge in [-0.1, -0.05) is 32.8 Å². The van der Waals surface area contributed by atoms with Gasteiger partial charge >= 0.3 is 5.97 Å². The molecule has 1 aromatic carbocycles. The van der Waals surface area contributed by atoms with Crippen molar-refractivity contribution in [2.45, 2.75) is 45.6 Å². The number of carbonyl (C=O) groups excluding carboxylic acids is 4. The molecule has 2 aliphatic rings. The van der Waals surface area contributed by atoms with Crippen molar-refractivity contribution in [3.05, 3.63) is 29.8 Å². The van der Waals surface area contributed by atoms with Crippen LogP contribution < -0.4 is 10.6 Å². The summed E-state index contributed by atoms with van der Waals surface area (Å²) in [5, 5.41) is 5.13. The van der Waals surface area contributed by atoms with Crippen molar-refractivity contribution in [3.8, 4) is 0 Å². The Labute approximate surface area is 182 Å². The van der Waals surface area contributed by atoms with E-state index >= 15 is 0 Å². The van der Waals surface area contributed by atoms with Crippen LogP contribution in [-0.4, -0.2) is 54.8 Å². The van der Waals surface area contributed by atoms with Gasteiger partial charge in [0.15, 0.2) is 6.61 Å². The van der Waals surface area contributed by atoms with Crippen molar-refractivity contribution in [3.63, 3.8) is 0 Å². The van der Waals surface area contributed by atoms with Crippen LogP contribution >= 0.6 is 0 Å². The third-order valence-corrected chi connectivity index (χ3v) is 6.54. The largest absolute Gasteiger partial charge is 0.455 e. The number of nitrogens with zero attached hydrogens (tertiary/aromatic N) is 1. The number of esters is 1. The fourth-order valence-electron chi connectivity index (χ4n) is 4.54. The molecule has 1 aliphatic heterocycles. The van der Waals surface area contributed by atoms with Crippen LogP contribution in [0.3, 0.4) is 0 Å². The van der Waals surface area contributed by atoms with Crippen LogP contribution in [0.4, 0.5) is 5.69 Å². The Hall–Kier alpha value is -2.90. The van der Waals surface area contributed by atoms with Crippen molar-refractivity contribution in [2.75, 3.05) is 25.5 Å². The zero-order valence-corrected chi connectivity index (χ0v) is 18.3. The van der Waals surface area contributed by atoms with E-state index in [0.29, 0.717) is 29.6 Å². The molecular formula is C23H31N3O5. The Balaban J connectivity index is 1.50. The van der Waals surface area contributed by atoms with Gasteiger partial charge in [-0.3, -0.25) is 19.2 Å². The van der Waals surface area contributed by atoms with Gasteiger partial charge in [0, 0.05) is 37.3 Å². The summed E-state index contributed by atoms with van der Waals surface area (Å²) in [5.74, 6) is -0.878. The molecule has 1 aliphatic carbocycles. The average Bonchev–Trinajstić information content (AvgIpc) is 3.15. The molecule has 2 fully saturated rings. The molecule has 0 radical (unpaired) electrons. The number of hydrogen-bond donors (Lipinski definition) is 2. The second kappa shape index (κ2) is 9.94. The van der Waals surface area contributed by atoms with E-state index < -0.39 is 24.4 Å². The van der Waals surface area contributed by atoms with Gasteiger partial charge in [-0.05, 0) is 36.5 Å². The first-order valence-electron chi connectivity index (χ1n) is 10.9. The van der Waals surface area contributed by atoms with E-state index in [1.807, 2.05) is 4.90 Å². The van der Waals surface area contributed by atoms with Gasteiger partial charge < -0.3 is 20.3 Å². The molecule has 1 saturated heterocycles. The van der Waals surface area contributed by atoms with Gasteiger partial charge in [0.1, 0.15) is 0 Å². The second-order valence-electron chi connectivity index (χ2n) is 8.60. The minimum atomic E-state index is -0.540. The second-order valence-corrected chi connectivity index (χ2v) is 8.60. The van der Waals surface area contributed by atoms with Crippen LogP contribution in [0.25, 0.3) is 0 Å². The van der Waals surface area contributed by atoms with Gasteiger partial charge in [0.2, 0.25) is 5.91 Å². The van der Waals surface area contributed by atoms with E-state index in [4.69, 9.17) is 4.74 Å². The first-order valence-corrected chi connectivity index (χ1v) is 10.9. The number of ether oxygens (including phenoxy) is 1. The summed E-state index contributed by atoms with van der Waals surface area (Å²) in [6, 6.07) is 6.64. The van der Waals surface area contributed by atoms with Crippen molar-refractivity contribution < 1.29 is 23.9 Å². The summed E-state index contributed by atoms with van der Waals surface area (Å²) in [6.07, 6.45) is 3.37. The quantitative estimate of drug-likeness (QED) is 0.675. The monoisotopic (exact) mass is 429 g/mol. The molecule has 0 bridgehead atoms. The fraction of sp³-hybridized carbons (Fsp3) is 0.565. The Bertz CT molecular complexity index is 855. The molecular weight excluding hydrogens is 398 g/mol. The zero-order valence-electron chi connectivity index (χ0n) is 18.3. The van der Waals surface area contributed by atoms with Gasteiger partial charge in [-0.25, -0.2) is 0 Å². The molecule has 8 heteroatoms. The highest BCUT2D eigenvalue weighted by Crippen LogP contribution is 2.35. The number of nitrogens with one attached hydrogen (secondary N) is 2. The normalized spacial score (nSPS) is 25.8. The lowest BCUT2D eigenvalue weighted by atomic mass is 9.77. The van der Waals surface area contributed by atoms with Crippen molar-refractivity contribution in [2.24, 2.45) is 17.8 Å². The third kappa shape index (κ3) is 5.42. The van der Waals surface area contributed by atoms with Crippen molar-refractivity contribution >= 4 is 29.4 Å². The van der Waals surface area contributed by atoms with E-state index in [1.54, 1.807) is 24.3 Å². The highest BCUT2D eigenvalue weighted by Gasteiger charge is 2.42. The molecule has 3 amide bonds. The third-order valence-electron chi connectivity index (χ3n) is 6.54. The van der Waals surface area contributed by atoms with Gasteiger partial charge in [-0.15, -0.1) is 0 Å². The summed E-state index contributed by atoms with van der Waals surface area (Å²) < 4.78 is 5.18. The number of anilines is 1. The number of hydrogen-bond acceptors (Lipinski definition) is 5. The van der Waals surface area contributed by atoms with E-state index in [-0.39, 0.29) is 24.3 Å². The molecule has 0 unspecified atom stereocenters. The van der Waals surface area contributed by atoms with Crippen LogP contribution in [0.2, 0.25) is 0 Å². The molecule has 8 nitrogen and oxygen atoms in total. The van der Waals surface area contributed by atoms with Crippen LogP contribution in [0.5, 0.6) is 0 Å². The molecule has 1 heterocycles. The van der Waals surface area contributed by atoms with Crippen LogP contribution in [0.1, 0.15) is 49.9 Å². The van der Waals surface area contributed by atoms with Crippen LogP contribution in [0, 0.1) is 17.8 Å². The summed E-state index contributed by atoms with van der Waals surface area (Å²) >= 11 is 0. The molecule has 31 heavy (non-hydrogen) atoms. The maximum absolute atomic E-state index is 12.5. The first kappa shape index (κ1) is 22.8. The number of carbonyl (C=O) groups is 4. The van der Waals surface area contributed by atoms with Gasteiger partial charge in [0.25, 0.3) is 11.8 Å². The number of likely N-dealkylation sites (tertiary alicyclic amines) is 1. The Kier molecular flexibility index (Phi) is 7.30. The summed E-state index contributed by atoms with van der Waals surface area (Å²) in [5.41, 5.74) is 0.845. The Morgan fingerprint density at radius 3 is 2.71 bits per heavy atom. The van der Waals surface area contributed by atoms with E-state index in [9.17, 15) is 19.2 Å². The first-order chi connectivity index (χ1) is 14.8. The molecule has 1 aromatic rings. The molecule has 0 spiro atoms. The number of benzene rings is 1. The van der Waals surface area contributed by atoms with Crippen molar-refractivity contribution in [1.29, 1.82) is 0 Å². The predicted octanol–water partition coefficient (Wildman–Crippen LogP) is 2.20. The summed E-state index contributed by atoms with van der Waals surface area (Å²) in [7, 11) is 1.53. The lowest BCUT2D eigenvalue weighted by Crippen LogP contribution is -2.45. The molecule has 3 rings (SSSR count). The Morgan fingerprint density at radius 1 is 1.19 bits per heavy atom. The lowest BCUT2D eigenvalue weighted by Gasteiger charge is -2.39. The summed E-state index contributed by atoms with van der Waals surface area (Å²) in [4.78, 5) is 50.7. The van der Waals surface area contributed by atoms with E-state index in [0.717, 1.165) is 12.8 Å². The predicted molar refractivity (Wildman–Crippen MR) is 115 cm³/mol. The molecule has 168 valence electrons. The average molecular weight is 430 g/mol. The SMILES string of the molecule is CNC(=O)c1cccc(NC(=O)COC(=O)[C@@H]2CC(=O)N([C@H]3CCC[C@H](C)[C@H]3C)C2)c1. The van der Waals surface area contributed by atoms with Gasteiger partial charge in [-0.2, -0.15) is 0 Å². The molecule has 1 saturated carbocycles. The maximum atomic E-state index is 12.5. The zero-order chi connectivity index (χ0) is 22.5. The molecule has 4 atom stereocenters. The van der Waals surface area contributed by atoms with E-state index in [2.05, 4.69) is 24.5 Å². The smallest absolute Gasteiger partial charge is 0.311 e.